The van der Waals surface area contributed by atoms with Gasteiger partial charge in [-0.15, -0.1) is 0 Å². The molecule has 0 radical (unpaired) electrons. The second kappa shape index (κ2) is 5.82. The molecule has 0 aliphatic heterocycles. The van der Waals surface area contributed by atoms with Crippen molar-refractivity contribution in [2.24, 2.45) is 0 Å². The third-order valence-corrected chi connectivity index (χ3v) is 3.11. The van der Waals surface area contributed by atoms with Gasteiger partial charge in [0.25, 0.3) is 0 Å². The molecular formula is C13H12BrFN2O. The maximum absolute atomic E-state index is 13.1. The molecule has 0 aliphatic carbocycles. The summed E-state index contributed by atoms with van der Waals surface area (Å²) in [7, 11) is 1.57. The van der Waals surface area contributed by atoms with E-state index in [2.05, 4.69) is 26.2 Å². The zero-order valence-corrected chi connectivity index (χ0v) is 11.4. The molecule has 2 rings (SSSR count). The number of methoxy groups -OCH3 is 1. The van der Waals surface area contributed by atoms with Crippen LogP contribution in [-0.2, 0) is 6.54 Å². The number of ether oxygens (including phenoxy) is 1. The fourth-order valence-electron chi connectivity index (χ4n) is 1.47. The van der Waals surface area contributed by atoms with Crippen molar-refractivity contribution in [2.45, 2.75) is 6.54 Å². The van der Waals surface area contributed by atoms with Gasteiger partial charge in [-0.1, -0.05) is 6.07 Å². The number of hydrogen-bond acceptors (Lipinski definition) is 3. The fraction of sp³-hybridized carbons (Fsp3) is 0.154. The highest BCUT2D eigenvalue weighted by molar-refractivity contribution is 9.10. The normalized spacial score (nSPS) is 10.2. The summed E-state index contributed by atoms with van der Waals surface area (Å²) in [6.45, 7) is 0.568. The molecule has 0 spiro atoms. The molecule has 5 heteroatoms. The number of benzene rings is 1. The Labute approximate surface area is 113 Å². The minimum atomic E-state index is -0.270. The minimum Gasteiger partial charge on any atom is -0.481 e. The smallest absolute Gasteiger partial charge is 0.212 e. The van der Waals surface area contributed by atoms with Crippen LogP contribution in [0.5, 0.6) is 5.88 Å². The van der Waals surface area contributed by atoms with E-state index < -0.39 is 0 Å². The minimum absolute atomic E-state index is 0.270. The third kappa shape index (κ3) is 3.20. The van der Waals surface area contributed by atoms with E-state index in [9.17, 15) is 4.39 Å². The molecule has 0 saturated heterocycles. The molecule has 0 unspecified atom stereocenters. The van der Waals surface area contributed by atoms with Crippen molar-refractivity contribution in [1.29, 1.82) is 0 Å². The largest absolute Gasteiger partial charge is 0.481 e. The Morgan fingerprint density at radius 1 is 1.33 bits per heavy atom. The molecule has 0 aliphatic rings. The Kier molecular flexibility index (Phi) is 4.15. The number of hydrogen-bond donors (Lipinski definition) is 1. The van der Waals surface area contributed by atoms with Gasteiger partial charge in [0.05, 0.1) is 12.8 Å². The van der Waals surface area contributed by atoms with E-state index in [1.54, 1.807) is 25.4 Å². The van der Waals surface area contributed by atoms with Crippen molar-refractivity contribution < 1.29 is 9.13 Å². The predicted octanol–water partition coefficient (Wildman–Crippen LogP) is 3.60. The van der Waals surface area contributed by atoms with E-state index in [-0.39, 0.29) is 5.82 Å². The summed E-state index contributed by atoms with van der Waals surface area (Å²) in [4.78, 5) is 4.10. The van der Waals surface area contributed by atoms with Gasteiger partial charge in [0.15, 0.2) is 0 Å². The van der Waals surface area contributed by atoms with E-state index >= 15 is 0 Å². The fourth-order valence-corrected chi connectivity index (χ4v) is 1.85. The van der Waals surface area contributed by atoms with Crippen LogP contribution in [0.25, 0.3) is 0 Å². The van der Waals surface area contributed by atoms with Crippen molar-refractivity contribution in [1.82, 2.24) is 4.98 Å². The predicted molar refractivity (Wildman–Crippen MR) is 72.2 cm³/mol. The number of rotatable bonds is 4. The van der Waals surface area contributed by atoms with Crippen molar-refractivity contribution in [3.8, 4) is 5.88 Å². The molecule has 1 aromatic heterocycles. The van der Waals surface area contributed by atoms with Crippen LogP contribution in [0.3, 0.4) is 0 Å². The number of halogens is 2. The monoisotopic (exact) mass is 310 g/mol. The number of pyridine rings is 1. The van der Waals surface area contributed by atoms with Crippen LogP contribution in [-0.4, -0.2) is 12.1 Å². The van der Waals surface area contributed by atoms with Crippen molar-refractivity contribution >= 4 is 21.6 Å². The Bertz CT molecular complexity index is 531. The number of nitrogens with zero attached hydrogens (tertiary/aromatic N) is 1. The molecular weight excluding hydrogens is 299 g/mol. The second-order valence-corrected chi connectivity index (χ2v) is 4.54. The molecule has 0 atom stereocenters. The lowest BCUT2D eigenvalue weighted by Crippen LogP contribution is -2.01. The molecule has 0 bridgehead atoms. The molecule has 1 N–H and O–H groups in total. The summed E-state index contributed by atoms with van der Waals surface area (Å²) in [6.07, 6.45) is 1.72. The molecule has 0 saturated carbocycles. The maximum Gasteiger partial charge on any atom is 0.212 e. The second-order valence-electron chi connectivity index (χ2n) is 3.69. The Hall–Kier alpha value is -1.62. The van der Waals surface area contributed by atoms with Crippen molar-refractivity contribution in [3.63, 3.8) is 0 Å². The van der Waals surface area contributed by atoms with E-state index in [1.807, 2.05) is 6.07 Å². The van der Waals surface area contributed by atoms with Gasteiger partial charge >= 0.3 is 0 Å². The van der Waals surface area contributed by atoms with Gasteiger partial charge in [0.1, 0.15) is 5.82 Å². The van der Waals surface area contributed by atoms with E-state index in [0.29, 0.717) is 18.1 Å². The first-order chi connectivity index (χ1) is 8.69. The van der Waals surface area contributed by atoms with Gasteiger partial charge in [0, 0.05) is 23.3 Å². The van der Waals surface area contributed by atoms with Gasteiger partial charge < -0.3 is 10.1 Å². The lowest BCUT2D eigenvalue weighted by Gasteiger charge is -2.08. The molecule has 2 aromatic rings. The topological polar surface area (TPSA) is 34.1 Å². The highest BCUT2D eigenvalue weighted by atomic mass is 79.9. The summed E-state index contributed by atoms with van der Waals surface area (Å²) < 4.78 is 18.9. The van der Waals surface area contributed by atoms with Gasteiger partial charge in [-0.05, 0) is 39.7 Å². The lowest BCUT2D eigenvalue weighted by molar-refractivity contribution is 0.397. The molecule has 1 heterocycles. The lowest BCUT2D eigenvalue weighted by atomic mass is 10.2. The first kappa shape index (κ1) is 12.8. The summed E-state index contributed by atoms with van der Waals surface area (Å²) in [5.74, 6) is 0.305. The average molecular weight is 311 g/mol. The van der Waals surface area contributed by atoms with Gasteiger partial charge in [-0.2, -0.15) is 0 Å². The van der Waals surface area contributed by atoms with E-state index in [1.165, 1.54) is 12.1 Å². The van der Waals surface area contributed by atoms with Crippen molar-refractivity contribution in [3.05, 3.63) is 52.4 Å². The van der Waals surface area contributed by atoms with Gasteiger partial charge in [-0.3, -0.25) is 0 Å². The Morgan fingerprint density at radius 2 is 2.17 bits per heavy atom. The van der Waals surface area contributed by atoms with E-state index in [4.69, 9.17) is 4.74 Å². The molecule has 1 aromatic carbocycles. The first-order valence-corrected chi connectivity index (χ1v) is 6.16. The van der Waals surface area contributed by atoms with Crippen LogP contribution >= 0.6 is 15.9 Å². The Morgan fingerprint density at radius 3 is 2.83 bits per heavy atom. The molecule has 3 nitrogen and oxygen atoms in total. The zero-order chi connectivity index (χ0) is 13.0. The van der Waals surface area contributed by atoms with Crippen LogP contribution < -0.4 is 10.1 Å². The summed E-state index contributed by atoms with van der Waals surface area (Å²) >= 11 is 3.36. The highest BCUT2D eigenvalue weighted by Gasteiger charge is 2.02. The van der Waals surface area contributed by atoms with Gasteiger partial charge in [-0.25, -0.2) is 9.37 Å². The number of nitrogens with one attached hydrogen (secondary N) is 1. The quantitative estimate of drug-likeness (QED) is 0.937. The molecule has 0 amide bonds. The van der Waals surface area contributed by atoms with E-state index in [0.717, 1.165) is 10.0 Å². The summed E-state index contributed by atoms with van der Waals surface area (Å²) in [5.41, 5.74) is 1.71. The van der Waals surface area contributed by atoms with Gasteiger partial charge in [0.2, 0.25) is 5.88 Å². The maximum atomic E-state index is 13.1. The Balaban J connectivity index is 2.04. The zero-order valence-electron chi connectivity index (χ0n) is 9.78. The van der Waals surface area contributed by atoms with Crippen molar-refractivity contribution in [2.75, 3.05) is 12.4 Å². The standard InChI is InChI=1S/C13H12BrFN2O/c1-18-13-5-2-9(8-17-13)7-16-12-6-10(15)3-4-11(12)14/h2-6,8,16H,7H2,1H3. The molecule has 18 heavy (non-hydrogen) atoms. The summed E-state index contributed by atoms with van der Waals surface area (Å²) in [5, 5.41) is 3.14. The summed E-state index contributed by atoms with van der Waals surface area (Å²) in [6, 6.07) is 8.22. The average Bonchev–Trinajstić information content (AvgIpc) is 2.40. The van der Waals surface area contributed by atoms with Crippen LogP contribution in [0.1, 0.15) is 5.56 Å². The molecule has 94 valence electrons. The van der Waals surface area contributed by atoms with Crippen LogP contribution in [0.4, 0.5) is 10.1 Å². The van der Waals surface area contributed by atoms with Crippen LogP contribution in [0, 0.1) is 5.82 Å². The SMILES string of the molecule is COc1ccc(CNc2cc(F)ccc2Br)cn1. The molecule has 0 fully saturated rings. The van der Waals surface area contributed by atoms with Crippen LogP contribution in [0.2, 0.25) is 0 Å². The number of anilines is 1. The highest BCUT2D eigenvalue weighted by Crippen LogP contribution is 2.23. The first-order valence-electron chi connectivity index (χ1n) is 5.37. The third-order valence-electron chi connectivity index (χ3n) is 2.42. The van der Waals surface area contributed by atoms with Crippen LogP contribution in [0.15, 0.2) is 41.0 Å². The number of aromatic nitrogens is 1.